The Morgan fingerprint density at radius 3 is 2.89 bits per heavy atom. The number of carbonyl (C=O) groups is 1. The van der Waals surface area contributed by atoms with Gasteiger partial charge in [-0.2, -0.15) is 5.10 Å². The van der Waals surface area contributed by atoms with Crippen LogP contribution in [-0.4, -0.2) is 45.5 Å². The van der Waals surface area contributed by atoms with Crippen LogP contribution in [0.3, 0.4) is 0 Å². The van der Waals surface area contributed by atoms with Crippen molar-refractivity contribution in [1.82, 2.24) is 15.1 Å². The second-order valence-electron chi connectivity index (χ2n) is 4.55. The lowest BCUT2D eigenvalue weighted by Gasteiger charge is -2.31. The molecule has 0 aliphatic carbocycles. The van der Waals surface area contributed by atoms with Crippen molar-refractivity contribution in [2.75, 3.05) is 18.4 Å². The van der Waals surface area contributed by atoms with Crippen molar-refractivity contribution in [1.29, 1.82) is 0 Å². The van der Waals surface area contributed by atoms with Gasteiger partial charge in [0.15, 0.2) is 0 Å². The van der Waals surface area contributed by atoms with Gasteiger partial charge in [-0.05, 0) is 12.5 Å². The monoisotopic (exact) mass is 327 g/mol. The molecule has 0 N–H and O–H groups in total. The molecule has 0 spiro atoms. The Balaban J connectivity index is 1.75. The standard InChI is InChI=1S/C13H18BrN3O2/c14-7-1-4-13(18)17-9-5-11(6-10-17)19-12-3-2-8-15-16-12/h2-3,8,11H,1,4-7,9-10H2. The number of rotatable bonds is 5. The lowest BCUT2D eigenvalue weighted by atomic mass is 10.1. The third-order valence-electron chi connectivity index (χ3n) is 3.15. The average Bonchev–Trinajstić information content (AvgIpc) is 2.46. The molecule has 0 saturated carbocycles. The first-order chi connectivity index (χ1) is 9.29. The number of halogens is 1. The van der Waals surface area contributed by atoms with Gasteiger partial charge >= 0.3 is 0 Å². The second-order valence-corrected chi connectivity index (χ2v) is 5.35. The summed E-state index contributed by atoms with van der Waals surface area (Å²) < 4.78 is 5.75. The molecule has 5 nitrogen and oxygen atoms in total. The van der Waals surface area contributed by atoms with Crippen molar-refractivity contribution in [2.24, 2.45) is 0 Å². The van der Waals surface area contributed by atoms with Gasteiger partial charge in [0.1, 0.15) is 6.10 Å². The molecule has 104 valence electrons. The molecule has 1 saturated heterocycles. The molecular weight excluding hydrogens is 310 g/mol. The van der Waals surface area contributed by atoms with Crippen LogP contribution in [0.25, 0.3) is 0 Å². The number of carbonyl (C=O) groups excluding carboxylic acids is 1. The number of amides is 1. The highest BCUT2D eigenvalue weighted by Gasteiger charge is 2.23. The highest BCUT2D eigenvalue weighted by atomic mass is 79.9. The molecule has 0 atom stereocenters. The molecule has 1 amide bonds. The average molecular weight is 328 g/mol. The maximum absolute atomic E-state index is 11.9. The van der Waals surface area contributed by atoms with Crippen LogP contribution in [-0.2, 0) is 4.79 Å². The lowest BCUT2D eigenvalue weighted by molar-refractivity contribution is -0.133. The smallest absolute Gasteiger partial charge is 0.233 e. The van der Waals surface area contributed by atoms with E-state index in [2.05, 4.69) is 26.1 Å². The molecule has 19 heavy (non-hydrogen) atoms. The van der Waals surface area contributed by atoms with Gasteiger partial charge in [0.05, 0.1) is 0 Å². The van der Waals surface area contributed by atoms with Crippen LogP contribution in [0.15, 0.2) is 18.3 Å². The molecule has 1 fully saturated rings. The Labute approximate surface area is 121 Å². The summed E-state index contributed by atoms with van der Waals surface area (Å²) >= 11 is 3.34. The summed E-state index contributed by atoms with van der Waals surface area (Å²) in [5, 5.41) is 8.57. The Kier molecular flexibility index (Phi) is 5.57. The largest absolute Gasteiger partial charge is 0.473 e. The van der Waals surface area contributed by atoms with E-state index in [-0.39, 0.29) is 12.0 Å². The molecule has 2 heterocycles. The van der Waals surface area contributed by atoms with Crippen molar-refractivity contribution in [3.05, 3.63) is 18.3 Å². The minimum absolute atomic E-state index is 0.136. The summed E-state index contributed by atoms with van der Waals surface area (Å²) in [7, 11) is 0. The zero-order valence-electron chi connectivity index (χ0n) is 10.8. The summed E-state index contributed by atoms with van der Waals surface area (Å²) in [6.45, 7) is 1.54. The summed E-state index contributed by atoms with van der Waals surface area (Å²) in [6, 6.07) is 3.61. The van der Waals surface area contributed by atoms with Crippen LogP contribution in [0.2, 0.25) is 0 Å². The number of alkyl halides is 1. The molecule has 0 bridgehead atoms. The van der Waals surface area contributed by atoms with Crippen LogP contribution < -0.4 is 4.74 Å². The fraction of sp³-hybridized carbons (Fsp3) is 0.615. The number of nitrogens with zero attached hydrogens (tertiary/aromatic N) is 3. The van der Waals surface area contributed by atoms with Gasteiger partial charge in [0.25, 0.3) is 0 Å². The fourth-order valence-electron chi connectivity index (χ4n) is 2.12. The molecule has 6 heteroatoms. The zero-order valence-corrected chi connectivity index (χ0v) is 12.4. The molecule has 1 aliphatic rings. The Bertz CT molecular complexity index is 394. The van der Waals surface area contributed by atoms with E-state index in [4.69, 9.17) is 4.74 Å². The third-order valence-corrected chi connectivity index (χ3v) is 3.71. The summed E-state index contributed by atoms with van der Waals surface area (Å²) in [5.41, 5.74) is 0. The molecule has 2 rings (SSSR count). The summed E-state index contributed by atoms with van der Waals surface area (Å²) in [4.78, 5) is 13.8. The van der Waals surface area contributed by atoms with Crippen molar-refractivity contribution >= 4 is 21.8 Å². The highest BCUT2D eigenvalue weighted by Crippen LogP contribution is 2.17. The van der Waals surface area contributed by atoms with Gasteiger partial charge in [-0.3, -0.25) is 4.79 Å². The van der Waals surface area contributed by atoms with Crippen molar-refractivity contribution < 1.29 is 9.53 Å². The topological polar surface area (TPSA) is 55.3 Å². The second kappa shape index (κ2) is 7.43. The number of ether oxygens (including phenoxy) is 1. The first kappa shape index (κ1) is 14.2. The van der Waals surface area contributed by atoms with E-state index >= 15 is 0 Å². The molecule has 0 aromatic carbocycles. The van der Waals surface area contributed by atoms with Crippen molar-refractivity contribution in [3.8, 4) is 5.88 Å². The van der Waals surface area contributed by atoms with Gasteiger partial charge < -0.3 is 9.64 Å². The van der Waals surface area contributed by atoms with Gasteiger partial charge in [-0.25, -0.2) is 0 Å². The summed E-state index contributed by atoms with van der Waals surface area (Å²) in [5.74, 6) is 0.809. The quantitative estimate of drug-likeness (QED) is 0.776. The van der Waals surface area contributed by atoms with E-state index in [1.165, 1.54) is 0 Å². The molecule has 1 aromatic heterocycles. The van der Waals surface area contributed by atoms with E-state index in [0.29, 0.717) is 12.3 Å². The van der Waals surface area contributed by atoms with E-state index in [9.17, 15) is 4.79 Å². The summed E-state index contributed by atoms with van der Waals surface area (Å²) in [6.07, 6.45) is 5.00. The lowest BCUT2D eigenvalue weighted by Crippen LogP contribution is -2.41. The molecule has 0 radical (unpaired) electrons. The number of hydrogen-bond acceptors (Lipinski definition) is 4. The number of hydrogen-bond donors (Lipinski definition) is 0. The van der Waals surface area contributed by atoms with Gasteiger partial charge in [-0.15, -0.1) is 5.10 Å². The van der Waals surface area contributed by atoms with E-state index < -0.39 is 0 Å². The van der Waals surface area contributed by atoms with Crippen LogP contribution in [0.5, 0.6) is 5.88 Å². The van der Waals surface area contributed by atoms with Gasteiger partial charge in [0.2, 0.25) is 11.8 Å². The number of piperidine rings is 1. The van der Waals surface area contributed by atoms with E-state index in [1.807, 2.05) is 4.90 Å². The van der Waals surface area contributed by atoms with Crippen LogP contribution in [0, 0.1) is 0 Å². The minimum atomic E-state index is 0.136. The van der Waals surface area contributed by atoms with Crippen molar-refractivity contribution in [3.63, 3.8) is 0 Å². The Hall–Kier alpha value is -1.17. The maximum Gasteiger partial charge on any atom is 0.233 e. The molecule has 0 unspecified atom stereocenters. The van der Waals surface area contributed by atoms with Crippen molar-refractivity contribution in [2.45, 2.75) is 31.8 Å². The van der Waals surface area contributed by atoms with Gasteiger partial charge in [-0.1, -0.05) is 15.9 Å². The molecular formula is C13H18BrN3O2. The van der Waals surface area contributed by atoms with Crippen LogP contribution in [0.1, 0.15) is 25.7 Å². The predicted molar refractivity (Wildman–Crippen MR) is 75.3 cm³/mol. The van der Waals surface area contributed by atoms with Gasteiger partial charge in [0, 0.05) is 49.9 Å². The SMILES string of the molecule is O=C(CCCBr)N1CCC(Oc2cccnn2)CC1. The first-order valence-electron chi connectivity index (χ1n) is 6.57. The fourth-order valence-corrected chi connectivity index (χ4v) is 2.40. The van der Waals surface area contributed by atoms with E-state index in [1.54, 1.807) is 18.3 Å². The molecule has 1 aliphatic heterocycles. The normalized spacial score (nSPS) is 16.4. The first-order valence-corrected chi connectivity index (χ1v) is 7.70. The maximum atomic E-state index is 11.9. The third kappa shape index (κ3) is 4.45. The number of likely N-dealkylation sites (tertiary alicyclic amines) is 1. The zero-order chi connectivity index (χ0) is 13.5. The van der Waals surface area contributed by atoms with Crippen LogP contribution >= 0.6 is 15.9 Å². The minimum Gasteiger partial charge on any atom is -0.473 e. The van der Waals surface area contributed by atoms with Crippen LogP contribution in [0.4, 0.5) is 0 Å². The highest BCUT2D eigenvalue weighted by molar-refractivity contribution is 9.09. The Morgan fingerprint density at radius 1 is 1.47 bits per heavy atom. The molecule has 1 aromatic rings. The number of aromatic nitrogens is 2. The predicted octanol–water partition coefficient (Wildman–Crippen LogP) is 2.02. The Morgan fingerprint density at radius 2 is 2.26 bits per heavy atom. The van der Waals surface area contributed by atoms with E-state index in [0.717, 1.165) is 37.7 Å².